The van der Waals surface area contributed by atoms with Crippen LogP contribution in [0.3, 0.4) is 0 Å². The summed E-state index contributed by atoms with van der Waals surface area (Å²) in [6.07, 6.45) is 2.66. The molecule has 0 radical (unpaired) electrons. The van der Waals surface area contributed by atoms with Crippen molar-refractivity contribution < 1.29 is 9.18 Å². The van der Waals surface area contributed by atoms with Crippen molar-refractivity contribution in [1.82, 2.24) is 4.90 Å². The number of hydrogen-bond acceptors (Lipinski definition) is 2. The van der Waals surface area contributed by atoms with E-state index in [2.05, 4.69) is 6.07 Å². The van der Waals surface area contributed by atoms with Crippen molar-refractivity contribution in [3.05, 3.63) is 58.0 Å². The third-order valence-electron chi connectivity index (χ3n) is 4.59. The van der Waals surface area contributed by atoms with E-state index in [1.807, 2.05) is 29.3 Å². The Morgan fingerprint density at radius 1 is 1.32 bits per heavy atom. The van der Waals surface area contributed by atoms with Crippen LogP contribution >= 0.6 is 11.3 Å². The second-order valence-corrected chi connectivity index (χ2v) is 6.88. The molecular weight excluding hydrogens is 297 g/mol. The zero-order valence-corrected chi connectivity index (χ0v) is 13.5. The van der Waals surface area contributed by atoms with Crippen molar-refractivity contribution in [3.8, 4) is 0 Å². The van der Waals surface area contributed by atoms with Crippen molar-refractivity contribution in [2.24, 2.45) is 0 Å². The summed E-state index contributed by atoms with van der Waals surface area (Å²) in [5, 5.41) is 2.03. The topological polar surface area (TPSA) is 20.3 Å². The highest BCUT2D eigenvalue weighted by atomic mass is 32.1. The van der Waals surface area contributed by atoms with Crippen molar-refractivity contribution >= 4 is 17.2 Å². The van der Waals surface area contributed by atoms with Gasteiger partial charge >= 0.3 is 0 Å². The van der Waals surface area contributed by atoms with Crippen LogP contribution in [0.1, 0.15) is 36.6 Å². The Bertz CT molecular complexity index is 649. The van der Waals surface area contributed by atoms with Gasteiger partial charge in [0, 0.05) is 11.4 Å². The number of halogens is 1. The molecular formula is C18H20FNOS. The van der Waals surface area contributed by atoms with Gasteiger partial charge in [-0.2, -0.15) is 0 Å². The molecule has 0 aliphatic heterocycles. The average molecular weight is 317 g/mol. The summed E-state index contributed by atoms with van der Waals surface area (Å²) in [5.74, 6) is -0.127. The third kappa shape index (κ3) is 2.68. The first-order chi connectivity index (χ1) is 10.7. The Kier molecular flexibility index (Phi) is 4.30. The number of likely N-dealkylation sites (N-methyl/N-ethyl adjacent to an activating group) is 1. The molecule has 22 heavy (non-hydrogen) atoms. The molecule has 2 nitrogen and oxygen atoms in total. The van der Waals surface area contributed by atoms with Crippen LogP contribution < -0.4 is 0 Å². The van der Waals surface area contributed by atoms with Gasteiger partial charge in [0.25, 0.3) is 0 Å². The van der Waals surface area contributed by atoms with Gasteiger partial charge in [-0.15, -0.1) is 11.3 Å². The smallest absolute Gasteiger partial charge is 0.233 e. The highest BCUT2D eigenvalue weighted by molar-refractivity contribution is 7.09. The molecule has 1 aliphatic rings. The Morgan fingerprint density at radius 2 is 2.14 bits per heavy atom. The highest BCUT2D eigenvalue weighted by Crippen LogP contribution is 2.45. The molecule has 1 saturated carbocycles. The van der Waals surface area contributed by atoms with E-state index in [9.17, 15) is 9.18 Å². The predicted molar refractivity (Wildman–Crippen MR) is 87.3 cm³/mol. The van der Waals surface area contributed by atoms with Gasteiger partial charge in [0.1, 0.15) is 5.82 Å². The number of amides is 1. The van der Waals surface area contributed by atoms with Crippen LogP contribution in [-0.4, -0.2) is 17.4 Å². The molecule has 0 atom stereocenters. The SMILES string of the molecule is CCN(Cc1cccs1)C(=O)C1(c2cccc(F)c2)CCC1. The molecule has 0 N–H and O–H groups in total. The van der Waals surface area contributed by atoms with Crippen LogP contribution in [0.25, 0.3) is 0 Å². The molecule has 4 heteroatoms. The first-order valence-corrected chi connectivity index (χ1v) is 8.61. The summed E-state index contributed by atoms with van der Waals surface area (Å²) < 4.78 is 13.6. The molecule has 3 rings (SSSR count). The van der Waals surface area contributed by atoms with Crippen LogP contribution in [0, 0.1) is 5.82 Å². The Balaban J connectivity index is 1.87. The van der Waals surface area contributed by atoms with E-state index in [-0.39, 0.29) is 11.7 Å². The average Bonchev–Trinajstić information content (AvgIpc) is 2.96. The van der Waals surface area contributed by atoms with Crippen LogP contribution in [0.5, 0.6) is 0 Å². The molecule has 1 fully saturated rings. The monoisotopic (exact) mass is 317 g/mol. The minimum absolute atomic E-state index is 0.139. The molecule has 1 heterocycles. The lowest BCUT2D eigenvalue weighted by Crippen LogP contribution is -2.50. The van der Waals surface area contributed by atoms with Gasteiger partial charge in [-0.1, -0.05) is 24.6 Å². The van der Waals surface area contributed by atoms with Gasteiger partial charge in [0.05, 0.1) is 12.0 Å². The minimum Gasteiger partial charge on any atom is -0.337 e. The minimum atomic E-state index is -0.518. The number of thiophene rings is 1. The summed E-state index contributed by atoms with van der Waals surface area (Å²) in [7, 11) is 0. The second-order valence-electron chi connectivity index (χ2n) is 5.84. The number of carbonyl (C=O) groups is 1. The van der Waals surface area contributed by atoms with Crippen molar-refractivity contribution in [3.63, 3.8) is 0 Å². The number of hydrogen-bond donors (Lipinski definition) is 0. The molecule has 0 bridgehead atoms. The molecule has 1 aliphatic carbocycles. The van der Waals surface area contributed by atoms with Gasteiger partial charge in [0.2, 0.25) is 5.91 Å². The number of nitrogens with zero attached hydrogens (tertiary/aromatic N) is 1. The lowest BCUT2D eigenvalue weighted by atomic mass is 9.63. The van der Waals surface area contributed by atoms with Gasteiger partial charge in [-0.25, -0.2) is 4.39 Å². The third-order valence-corrected chi connectivity index (χ3v) is 5.45. The van der Waals surface area contributed by atoms with E-state index in [4.69, 9.17) is 0 Å². The van der Waals surface area contributed by atoms with Gasteiger partial charge < -0.3 is 4.90 Å². The zero-order chi connectivity index (χ0) is 15.6. The Labute approximate surface area is 134 Å². The Morgan fingerprint density at radius 3 is 2.68 bits per heavy atom. The first-order valence-electron chi connectivity index (χ1n) is 7.73. The molecule has 116 valence electrons. The first kappa shape index (κ1) is 15.2. The lowest BCUT2D eigenvalue weighted by Gasteiger charge is -2.43. The number of rotatable bonds is 5. The number of benzene rings is 1. The van der Waals surface area contributed by atoms with Gasteiger partial charge in [-0.3, -0.25) is 4.79 Å². The van der Waals surface area contributed by atoms with Crippen molar-refractivity contribution in [2.45, 2.75) is 38.1 Å². The number of carbonyl (C=O) groups excluding carboxylic acids is 1. The van der Waals surface area contributed by atoms with E-state index < -0.39 is 5.41 Å². The van der Waals surface area contributed by atoms with Crippen LogP contribution in [0.15, 0.2) is 41.8 Å². The molecule has 2 aromatic rings. The van der Waals surface area contributed by atoms with E-state index in [0.29, 0.717) is 13.1 Å². The summed E-state index contributed by atoms with van der Waals surface area (Å²) in [6, 6.07) is 10.6. The second kappa shape index (κ2) is 6.21. The van der Waals surface area contributed by atoms with Crippen LogP contribution in [0.4, 0.5) is 4.39 Å². The molecule has 0 spiro atoms. The van der Waals surface area contributed by atoms with E-state index in [1.165, 1.54) is 17.0 Å². The fraction of sp³-hybridized carbons (Fsp3) is 0.389. The standard InChI is InChI=1S/C18H20FNOS/c1-2-20(13-16-8-4-11-22-16)17(21)18(9-5-10-18)14-6-3-7-15(19)12-14/h3-4,6-8,11-12H,2,5,9-10,13H2,1H3. The molecule has 0 unspecified atom stereocenters. The van der Waals surface area contributed by atoms with Crippen LogP contribution in [0.2, 0.25) is 0 Å². The fourth-order valence-electron chi connectivity index (χ4n) is 3.16. The van der Waals surface area contributed by atoms with Crippen molar-refractivity contribution in [2.75, 3.05) is 6.54 Å². The maximum absolute atomic E-state index is 13.6. The summed E-state index contributed by atoms with van der Waals surface area (Å²) >= 11 is 1.66. The maximum Gasteiger partial charge on any atom is 0.233 e. The summed E-state index contributed by atoms with van der Waals surface area (Å²) in [4.78, 5) is 16.2. The largest absolute Gasteiger partial charge is 0.337 e. The van der Waals surface area contributed by atoms with E-state index in [0.717, 1.165) is 24.8 Å². The lowest BCUT2D eigenvalue weighted by molar-refractivity contribution is -0.141. The summed E-state index contributed by atoms with van der Waals surface area (Å²) in [5.41, 5.74) is 0.309. The summed E-state index contributed by atoms with van der Waals surface area (Å²) in [6.45, 7) is 3.32. The van der Waals surface area contributed by atoms with Crippen LogP contribution in [-0.2, 0) is 16.8 Å². The maximum atomic E-state index is 13.6. The van der Waals surface area contributed by atoms with Gasteiger partial charge in [0.15, 0.2) is 0 Å². The van der Waals surface area contributed by atoms with E-state index >= 15 is 0 Å². The molecule has 0 saturated heterocycles. The van der Waals surface area contributed by atoms with Gasteiger partial charge in [-0.05, 0) is 48.9 Å². The predicted octanol–water partition coefficient (Wildman–Crippen LogP) is 4.36. The highest BCUT2D eigenvalue weighted by Gasteiger charge is 2.47. The normalized spacial score (nSPS) is 16.1. The Hall–Kier alpha value is -1.68. The molecule has 1 aromatic carbocycles. The van der Waals surface area contributed by atoms with Crippen molar-refractivity contribution in [1.29, 1.82) is 0 Å². The zero-order valence-electron chi connectivity index (χ0n) is 12.7. The molecule has 1 amide bonds. The molecule has 1 aromatic heterocycles. The quantitative estimate of drug-likeness (QED) is 0.802. The fourth-order valence-corrected chi connectivity index (χ4v) is 3.88. The van der Waals surface area contributed by atoms with E-state index in [1.54, 1.807) is 17.4 Å².